The summed E-state index contributed by atoms with van der Waals surface area (Å²) in [6.45, 7) is 8.01. The molecule has 17 heavy (non-hydrogen) atoms. The Bertz CT molecular complexity index is 499. The van der Waals surface area contributed by atoms with Gasteiger partial charge in [0.25, 0.3) is 0 Å². The minimum absolute atomic E-state index is 0.0109. The smallest absolute Gasteiger partial charge is 0.179 e. The molecule has 0 heterocycles. The first-order valence-electron chi connectivity index (χ1n) is 5.58. The maximum absolute atomic E-state index is 12.0. The van der Waals surface area contributed by atoms with Gasteiger partial charge in [0.05, 0.1) is 10.6 Å². The molecule has 0 radical (unpaired) electrons. The summed E-state index contributed by atoms with van der Waals surface area (Å²) < 4.78 is 24.1. The van der Waals surface area contributed by atoms with Crippen molar-refractivity contribution in [3.05, 3.63) is 29.3 Å². The second-order valence-corrected chi connectivity index (χ2v) is 7.69. The van der Waals surface area contributed by atoms with E-state index in [4.69, 9.17) is 11.6 Å². The molecule has 1 aromatic carbocycles. The normalized spacial score (nSPS) is 12.8. The minimum Gasteiger partial charge on any atom is -0.224 e. The summed E-state index contributed by atoms with van der Waals surface area (Å²) in [6, 6.07) is 5.62. The Kier molecular flexibility index (Phi) is 4.26. The molecule has 1 rings (SSSR count). The molecule has 2 nitrogen and oxygen atoms in total. The highest BCUT2D eigenvalue weighted by Gasteiger charge is 2.20. The highest BCUT2D eigenvalue weighted by atomic mass is 35.5. The van der Waals surface area contributed by atoms with Crippen molar-refractivity contribution in [3.63, 3.8) is 0 Å². The predicted octanol–water partition coefficient (Wildman–Crippen LogP) is 3.31. The molecule has 96 valence electrons. The summed E-state index contributed by atoms with van der Waals surface area (Å²) in [5.74, 6) is 0.116. The number of hydrogen-bond donors (Lipinski definition) is 0. The molecule has 0 fully saturated rings. The number of aryl methyl sites for hydroxylation is 1. The van der Waals surface area contributed by atoms with Crippen molar-refractivity contribution in [1.82, 2.24) is 0 Å². The molecule has 0 bridgehead atoms. The number of sulfone groups is 1. The molecule has 0 unspecified atom stereocenters. The summed E-state index contributed by atoms with van der Waals surface area (Å²) in [7, 11) is -3.26. The molecule has 0 N–H and O–H groups in total. The van der Waals surface area contributed by atoms with Gasteiger partial charge in [0, 0.05) is 5.88 Å². The van der Waals surface area contributed by atoms with Gasteiger partial charge < -0.3 is 0 Å². The molecule has 0 aliphatic carbocycles. The van der Waals surface area contributed by atoms with Crippen LogP contribution in [0, 0.1) is 6.92 Å². The lowest BCUT2D eigenvalue weighted by molar-refractivity contribution is 0.583. The topological polar surface area (TPSA) is 34.1 Å². The van der Waals surface area contributed by atoms with E-state index in [0.29, 0.717) is 4.90 Å². The third-order valence-corrected chi connectivity index (χ3v) is 5.00. The summed E-state index contributed by atoms with van der Waals surface area (Å²) in [5, 5.41) is 0. The lowest BCUT2D eigenvalue weighted by atomic mass is 9.87. The molecular formula is C13H19ClO2S. The van der Waals surface area contributed by atoms with Gasteiger partial charge in [-0.25, -0.2) is 8.42 Å². The first-order valence-corrected chi connectivity index (χ1v) is 7.77. The van der Waals surface area contributed by atoms with E-state index in [9.17, 15) is 8.42 Å². The van der Waals surface area contributed by atoms with Gasteiger partial charge in [-0.05, 0) is 29.5 Å². The Labute approximate surface area is 109 Å². The Hall–Kier alpha value is -0.540. The second kappa shape index (κ2) is 4.99. The van der Waals surface area contributed by atoms with Gasteiger partial charge in [0.2, 0.25) is 0 Å². The predicted molar refractivity (Wildman–Crippen MR) is 72.7 cm³/mol. The van der Waals surface area contributed by atoms with Gasteiger partial charge >= 0.3 is 0 Å². The van der Waals surface area contributed by atoms with Crippen LogP contribution in [0.25, 0.3) is 0 Å². The number of alkyl halides is 1. The van der Waals surface area contributed by atoms with Crippen LogP contribution < -0.4 is 0 Å². The zero-order valence-electron chi connectivity index (χ0n) is 10.7. The third kappa shape index (κ3) is 3.46. The standard InChI is InChI=1S/C13H19ClO2S/c1-10-5-6-11(13(2,3)4)9-12(10)17(15,16)8-7-14/h5-6,9H,7-8H2,1-4H3. The third-order valence-electron chi connectivity index (χ3n) is 2.74. The number of rotatable bonds is 3. The second-order valence-electron chi connectivity index (χ2n) is 5.24. The number of benzene rings is 1. The summed E-state index contributed by atoms with van der Waals surface area (Å²) in [4.78, 5) is 0.408. The monoisotopic (exact) mass is 274 g/mol. The fourth-order valence-electron chi connectivity index (χ4n) is 1.61. The van der Waals surface area contributed by atoms with Gasteiger partial charge in [0.1, 0.15) is 0 Å². The van der Waals surface area contributed by atoms with Gasteiger partial charge in [0.15, 0.2) is 9.84 Å². The summed E-state index contributed by atoms with van der Waals surface area (Å²) in [6.07, 6.45) is 0. The van der Waals surface area contributed by atoms with Crippen LogP contribution in [-0.4, -0.2) is 20.1 Å². The molecule has 0 atom stereocenters. The molecule has 0 spiro atoms. The molecule has 0 aromatic heterocycles. The molecule has 0 saturated carbocycles. The SMILES string of the molecule is Cc1ccc(C(C)(C)C)cc1S(=O)(=O)CCCl. The number of halogens is 1. The van der Waals surface area contributed by atoms with E-state index in [1.807, 2.05) is 19.1 Å². The van der Waals surface area contributed by atoms with Gasteiger partial charge in [-0.15, -0.1) is 11.6 Å². The van der Waals surface area contributed by atoms with Crippen LogP contribution in [0.15, 0.2) is 23.1 Å². The van der Waals surface area contributed by atoms with Gasteiger partial charge in [-0.1, -0.05) is 32.9 Å². The highest BCUT2D eigenvalue weighted by Crippen LogP contribution is 2.27. The van der Waals surface area contributed by atoms with Crippen LogP contribution in [0.2, 0.25) is 0 Å². The molecular weight excluding hydrogens is 256 g/mol. The number of hydrogen-bond acceptors (Lipinski definition) is 2. The van der Waals surface area contributed by atoms with Crippen molar-refractivity contribution in [1.29, 1.82) is 0 Å². The van der Waals surface area contributed by atoms with E-state index in [2.05, 4.69) is 20.8 Å². The van der Waals surface area contributed by atoms with E-state index in [1.54, 1.807) is 6.07 Å². The maximum Gasteiger partial charge on any atom is 0.179 e. The van der Waals surface area contributed by atoms with Gasteiger partial charge in [-0.3, -0.25) is 0 Å². The van der Waals surface area contributed by atoms with Crippen molar-refractivity contribution < 1.29 is 8.42 Å². The Morgan fingerprint density at radius 3 is 2.29 bits per heavy atom. The van der Waals surface area contributed by atoms with Crippen molar-refractivity contribution in [2.75, 3.05) is 11.6 Å². The van der Waals surface area contributed by atoms with Gasteiger partial charge in [-0.2, -0.15) is 0 Å². The van der Waals surface area contributed by atoms with Crippen LogP contribution in [0.5, 0.6) is 0 Å². The highest BCUT2D eigenvalue weighted by molar-refractivity contribution is 7.91. The van der Waals surface area contributed by atoms with E-state index < -0.39 is 9.84 Å². The van der Waals surface area contributed by atoms with E-state index in [-0.39, 0.29) is 17.0 Å². The fourth-order valence-corrected chi connectivity index (χ4v) is 3.51. The first-order chi connectivity index (χ1) is 7.68. The Balaban J connectivity index is 3.35. The van der Waals surface area contributed by atoms with Crippen molar-refractivity contribution >= 4 is 21.4 Å². The average molecular weight is 275 g/mol. The summed E-state index contributed by atoms with van der Waals surface area (Å²) in [5.41, 5.74) is 1.75. The van der Waals surface area contributed by atoms with Crippen LogP contribution in [0.1, 0.15) is 31.9 Å². The molecule has 0 aliphatic heterocycles. The van der Waals surface area contributed by atoms with Crippen molar-refractivity contribution in [2.24, 2.45) is 0 Å². The zero-order valence-corrected chi connectivity index (χ0v) is 12.3. The van der Waals surface area contributed by atoms with E-state index in [1.165, 1.54) is 0 Å². The molecule has 0 aliphatic rings. The average Bonchev–Trinajstić information content (AvgIpc) is 2.15. The quantitative estimate of drug-likeness (QED) is 0.793. The maximum atomic E-state index is 12.0. The lowest BCUT2D eigenvalue weighted by Gasteiger charge is -2.20. The van der Waals surface area contributed by atoms with E-state index in [0.717, 1.165) is 11.1 Å². The molecule has 4 heteroatoms. The van der Waals surface area contributed by atoms with Crippen LogP contribution >= 0.6 is 11.6 Å². The zero-order chi connectivity index (χ0) is 13.3. The van der Waals surface area contributed by atoms with Crippen LogP contribution in [-0.2, 0) is 15.3 Å². The van der Waals surface area contributed by atoms with Crippen LogP contribution in [0.3, 0.4) is 0 Å². The molecule has 0 saturated heterocycles. The first kappa shape index (κ1) is 14.5. The lowest BCUT2D eigenvalue weighted by Crippen LogP contribution is -2.15. The van der Waals surface area contributed by atoms with Crippen LogP contribution in [0.4, 0.5) is 0 Å². The molecule has 1 aromatic rings. The minimum atomic E-state index is -3.26. The largest absolute Gasteiger partial charge is 0.224 e. The van der Waals surface area contributed by atoms with Crippen molar-refractivity contribution in [2.45, 2.75) is 38.0 Å². The fraction of sp³-hybridized carbons (Fsp3) is 0.538. The van der Waals surface area contributed by atoms with Crippen molar-refractivity contribution in [3.8, 4) is 0 Å². The van der Waals surface area contributed by atoms with E-state index >= 15 is 0 Å². The summed E-state index contributed by atoms with van der Waals surface area (Å²) >= 11 is 5.54. The Morgan fingerprint density at radius 1 is 1.24 bits per heavy atom. The molecule has 0 amide bonds. The Morgan fingerprint density at radius 2 is 1.82 bits per heavy atom.